The van der Waals surface area contributed by atoms with E-state index in [0.29, 0.717) is 17.8 Å². The molecule has 1 saturated heterocycles. The summed E-state index contributed by atoms with van der Waals surface area (Å²) in [7, 11) is 3.44. The number of ether oxygens (including phenoxy) is 1. The molecule has 0 aliphatic carbocycles. The first-order valence-electron chi connectivity index (χ1n) is 9.60. The molecule has 2 heterocycles. The van der Waals surface area contributed by atoms with E-state index in [0.717, 1.165) is 32.5 Å². The van der Waals surface area contributed by atoms with Crippen LogP contribution in [0, 0.1) is 0 Å². The zero-order valence-corrected chi connectivity index (χ0v) is 17.3. The van der Waals surface area contributed by atoms with Gasteiger partial charge in [0.15, 0.2) is 6.54 Å². The molecular formula is C21H28N3O3S+. The van der Waals surface area contributed by atoms with Gasteiger partial charge in [0.25, 0.3) is 11.8 Å². The van der Waals surface area contributed by atoms with Gasteiger partial charge in [0.1, 0.15) is 19.2 Å². The Kier molecular flexibility index (Phi) is 7.19. The van der Waals surface area contributed by atoms with Crippen molar-refractivity contribution < 1.29 is 19.2 Å². The van der Waals surface area contributed by atoms with Gasteiger partial charge in [0.2, 0.25) is 0 Å². The van der Waals surface area contributed by atoms with Crippen molar-refractivity contribution in [2.45, 2.75) is 25.5 Å². The van der Waals surface area contributed by atoms with Crippen molar-refractivity contribution in [2.75, 3.05) is 39.1 Å². The molecule has 7 heteroatoms. The van der Waals surface area contributed by atoms with E-state index in [1.54, 1.807) is 49.7 Å². The Morgan fingerprint density at radius 1 is 1.25 bits per heavy atom. The van der Waals surface area contributed by atoms with Gasteiger partial charge in [-0.1, -0.05) is 6.07 Å². The molecule has 2 N–H and O–H groups in total. The second-order valence-electron chi connectivity index (χ2n) is 7.35. The summed E-state index contributed by atoms with van der Waals surface area (Å²) in [4.78, 5) is 28.6. The summed E-state index contributed by atoms with van der Waals surface area (Å²) < 4.78 is 5.77. The van der Waals surface area contributed by atoms with Crippen LogP contribution in [-0.4, -0.2) is 56.6 Å². The molecule has 1 unspecified atom stereocenters. The summed E-state index contributed by atoms with van der Waals surface area (Å²) in [5.41, 5.74) is 1.30. The van der Waals surface area contributed by atoms with Gasteiger partial charge in [0, 0.05) is 32.0 Å². The molecule has 3 rings (SSSR count). The maximum absolute atomic E-state index is 12.6. The monoisotopic (exact) mass is 402 g/mol. The van der Waals surface area contributed by atoms with Crippen LogP contribution >= 0.6 is 11.3 Å². The molecule has 150 valence electrons. The molecule has 28 heavy (non-hydrogen) atoms. The van der Waals surface area contributed by atoms with E-state index >= 15 is 0 Å². The summed E-state index contributed by atoms with van der Waals surface area (Å²) in [5.74, 6) is -0.0859. The van der Waals surface area contributed by atoms with Gasteiger partial charge in [0.05, 0.1) is 4.88 Å². The third kappa shape index (κ3) is 5.89. The quantitative estimate of drug-likeness (QED) is 0.706. The lowest BCUT2D eigenvalue weighted by atomic mass is 10.2. The number of nitrogens with one attached hydrogen (secondary N) is 2. The van der Waals surface area contributed by atoms with Gasteiger partial charge in [-0.3, -0.25) is 9.59 Å². The number of nitrogens with zero attached hydrogens (tertiary/aromatic N) is 1. The van der Waals surface area contributed by atoms with Gasteiger partial charge in [-0.05, 0) is 48.6 Å². The van der Waals surface area contributed by atoms with Crippen LogP contribution in [0.1, 0.15) is 28.1 Å². The van der Waals surface area contributed by atoms with E-state index in [4.69, 9.17) is 4.74 Å². The fourth-order valence-electron chi connectivity index (χ4n) is 3.38. The topological polar surface area (TPSA) is 63.1 Å². The number of amides is 2. The minimum Gasteiger partial charge on any atom is -0.372 e. The highest BCUT2D eigenvalue weighted by Gasteiger charge is 2.24. The van der Waals surface area contributed by atoms with E-state index in [9.17, 15) is 9.59 Å². The summed E-state index contributed by atoms with van der Waals surface area (Å²) in [6, 6.07) is 11.2. The largest absolute Gasteiger partial charge is 0.372 e. The lowest BCUT2D eigenvalue weighted by Gasteiger charge is -2.21. The maximum atomic E-state index is 12.6. The normalized spacial score (nSPS) is 17.3. The molecule has 0 spiro atoms. The van der Waals surface area contributed by atoms with Gasteiger partial charge in [-0.15, -0.1) is 11.3 Å². The summed E-state index contributed by atoms with van der Waals surface area (Å²) in [6.45, 7) is 2.86. The van der Waals surface area contributed by atoms with Crippen molar-refractivity contribution in [1.82, 2.24) is 4.90 Å². The van der Waals surface area contributed by atoms with E-state index < -0.39 is 0 Å². The highest BCUT2D eigenvalue weighted by atomic mass is 32.1. The average Bonchev–Trinajstić information content (AvgIpc) is 3.35. The molecule has 6 nitrogen and oxygen atoms in total. The summed E-state index contributed by atoms with van der Waals surface area (Å²) in [6.07, 6.45) is 2.40. The smallest absolute Gasteiger partial charge is 0.279 e. The number of benzene rings is 1. The number of hydrogen-bond donors (Lipinski definition) is 2. The fourth-order valence-corrected chi connectivity index (χ4v) is 4.16. The molecule has 2 aromatic rings. The minimum absolute atomic E-state index is 0.0313. The van der Waals surface area contributed by atoms with Crippen LogP contribution in [0.25, 0.3) is 0 Å². The first kappa shape index (κ1) is 20.5. The van der Waals surface area contributed by atoms with Crippen molar-refractivity contribution in [2.24, 2.45) is 0 Å². The third-order valence-corrected chi connectivity index (χ3v) is 5.65. The lowest BCUT2D eigenvalue weighted by molar-refractivity contribution is -0.908. The van der Waals surface area contributed by atoms with Crippen LogP contribution in [0.4, 0.5) is 5.69 Å². The van der Waals surface area contributed by atoms with Crippen molar-refractivity contribution in [1.29, 1.82) is 0 Å². The second-order valence-corrected chi connectivity index (χ2v) is 8.38. The average molecular weight is 403 g/mol. The standard InChI is InChI=1S/C21H27N3O3S/c1-23(2)21(26)16-7-9-17(10-8-16)22-20(25)15-24(13-18-5-3-11-27-18)14-19-6-4-12-28-19/h4,6-10,12,18H,3,5,11,13-15H2,1-2H3,(H,22,25)/p+1/t18-/m0/s1. The van der Waals surface area contributed by atoms with Crippen LogP contribution in [0.2, 0.25) is 0 Å². The first-order valence-corrected chi connectivity index (χ1v) is 10.5. The summed E-state index contributed by atoms with van der Waals surface area (Å²) in [5, 5.41) is 5.02. The fraction of sp³-hybridized carbons (Fsp3) is 0.429. The minimum atomic E-state index is -0.0546. The van der Waals surface area contributed by atoms with Crippen LogP contribution < -0.4 is 10.2 Å². The number of hydrogen-bond acceptors (Lipinski definition) is 4. The van der Waals surface area contributed by atoms with Gasteiger partial charge >= 0.3 is 0 Å². The first-order chi connectivity index (χ1) is 13.5. The van der Waals surface area contributed by atoms with E-state index in [-0.39, 0.29) is 17.9 Å². The molecule has 1 fully saturated rings. The van der Waals surface area contributed by atoms with Crippen LogP contribution in [0.15, 0.2) is 41.8 Å². The number of rotatable bonds is 8. The molecule has 0 saturated carbocycles. The highest BCUT2D eigenvalue weighted by molar-refractivity contribution is 7.09. The molecule has 1 aliphatic rings. The van der Waals surface area contributed by atoms with Crippen LogP contribution in [0.3, 0.4) is 0 Å². The van der Waals surface area contributed by atoms with Gasteiger partial charge in [-0.25, -0.2) is 0 Å². The zero-order valence-electron chi connectivity index (χ0n) is 16.4. The molecular weight excluding hydrogens is 374 g/mol. The third-order valence-electron chi connectivity index (χ3n) is 4.78. The second kappa shape index (κ2) is 9.82. The van der Waals surface area contributed by atoms with Gasteiger partial charge < -0.3 is 19.9 Å². The molecule has 1 aromatic heterocycles. The Morgan fingerprint density at radius 2 is 2.04 bits per heavy atom. The predicted molar refractivity (Wildman–Crippen MR) is 111 cm³/mol. The van der Waals surface area contributed by atoms with Crippen molar-refractivity contribution >= 4 is 28.8 Å². The molecule has 1 aliphatic heterocycles. The van der Waals surface area contributed by atoms with Gasteiger partial charge in [-0.2, -0.15) is 0 Å². The van der Waals surface area contributed by atoms with E-state index in [1.807, 2.05) is 6.07 Å². The number of thiophene rings is 1. The number of carbonyl (C=O) groups is 2. The van der Waals surface area contributed by atoms with E-state index in [1.165, 1.54) is 14.7 Å². The Labute approximate surface area is 170 Å². The zero-order chi connectivity index (χ0) is 19.9. The van der Waals surface area contributed by atoms with Crippen molar-refractivity contribution in [3.8, 4) is 0 Å². The SMILES string of the molecule is CN(C)C(=O)c1ccc(NC(=O)C[NH+](Cc2cccs2)C[C@@H]2CCCO2)cc1. The number of carbonyl (C=O) groups excluding carboxylic acids is 2. The Morgan fingerprint density at radius 3 is 2.64 bits per heavy atom. The van der Waals surface area contributed by atoms with E-state index in [2.05, 4.69) is 16.8 Å². The number of anilines is 1. The lowest BCUT2D eigenvalue weighted by Crippen LogP contribution is -3.12. The Balaban J connectivity index is 1.58. The molecule has 0 bridgehead atoms. The Bertz CT molecular complexity index is 769. The van der Waals surface area contributed by atoms with Crippen molar-refractivity contribution in [3.63, 3.8) is 0 Å². The summed E-state index contributed by atoms with van der Waals surface area (Å²) >= 11 is 1.72. The maximum Gasteiger partial charge on any atom is 0.279 e. The predicted octanol–water partition coefficient (Wildman–Crippen LogP) is 1.65. The highest BCUT2D eigenvalue weighted by Crippen LogP contribution is 2.12. The Hall–Kier alpha value is -2.22. The van der Waals surface area contributed by atoms with Crippen molar-refractivity contribution in [3.05, 3.63) is 52.2 Å². The van der Waals surface area contributed by atoms with Crippen LogP contribution in [-0.2, 0) is 16.1 Å². The van der Waals surface area contributed by atoms with Crippen LogP contribution in [0.5, 0.6) is 0 Å². The molecule has 0 radical (unpaired) electrons. The molecule has 2 atom stereocenters. The molecule has 1 aromatic carbocycles. The number of quaternary nitrogens is 1. The molecule has 2 amide bonds.